The summed E-state index contributed by atoms with van der Waals surface area (Å²) in [5.74, 6) is 0. The predicted octanol–water partition coefficient (Wildman–Crippen LogP) is 2.78. The fraction of sp³-hybridized carbons (Fsp3) is 0.214. The second kappa shape index (κ2) is 5.32. The first-order chi connectivity index (χ1) is 8.97. The summed E-state index contributed by atoms with van der Waals surface area (Å²) < 4.78 is 0. The molecule has 0 aliphatic rings. The molecule has 0 saturated heterocycles. The van der Waals surface area contributed by atoms with Crippen LogP contribution in [-0.4, -0.2) is 15.0 Å². The maximum absolute atomic E-state index is 5.78. The van der Waals surface area contributed by atoms with E-state index in [1.807, 2.05) is 39.1 Å². The first-order valence-electron chi connectivity index (χ1n) is 5.94. The molecule has 0 unspecified atom stereocenters. The molecule has 2 aromatic rings. The van der Waals surface area contributed by atoms with Crippen LogP contribution < -0.4 is 11.1 Å². The van der Waals surface area contributed by atoms with Crippen molar-refractivity contribution in [1.29, 1.82) is 0 Å². The van der Waals surface area contributed by atoms with Gasteiger partial charge in [-0.15, -0.1) is 0 Å². The maximum atomic E-state index is 5.78. The Morgan fingerprint density at radius 1 is 1.21 bits per heavy atom. The number of nitrogens with zero attached hydrogens (tertiary/aromatic N) is 2. The summed E-state index contributed by atoms with van der Waals surface area (Å²) in [6, 6.07) is 3.95. The zero-order chi connectivity index (χ0) is 14.0. The first-order valence-corrected chi connectivity index (χ1v) is 6.35. The predicted molar refractivity (Wildman–Crippen MR) is 81.9 cm³/mol. The molecule has 0 aromatic carbocycles. The van der Waals surface area contributed by atoms with Crippen molar-refractivity contribution in [3.63, 3.8) is 0 Å². The van der Waals surface area contributed by atoms with Crippen LogP contribution in [0.25, 0.3) is 0 Å². The van der Waals surface area contributed by atoms with Crippen LogP contribution in [0.4, 0.5) is 11.4 Å². The van der Waals surface area contributed by atoms with Crippen LogP contribution >= 0.6 is 12.2 Å². The van der Waals surface area contributed by atoms with E-state index in [0.717, 1.165) is 33.9 Å². The van der Waals surface area contributed by atoms with E-state index in [9.17, 15) is 0 Å². The van der Waals surface area contributed by atoms with Gasteiger partial charge >= 0.3 is 0 Å². The monoisotopic (exact) mass is 272 g/mol. The summed E-state index contributed by atoms with van der Waals surface area (Å²) in [4.78, 5) is 8.89. The van der Waals surface area contributed by atoms with Gasteiger partial charge in [-0.3, -0.25) is 9.97 Å². The third-order valence-corrected chi connectivity index (χ3v) is 2.93. The lowest BCUT2D eigenvalue weighted by molar-refractivity contribution is 1.11. The number of anilines is 2. The summed E-state index contributed by atoms with van der Waals surface area (Å²) in [6.45, 7) is 5.84. The fourth-order valence-corrected chi connectivity index (χ4v) is 2.27. The molecule has 5 heteroatoms. The topological polar surface area (TPSA) is 63.8 Å². The molecule has 0 aliphatic heterocycles. The molecular formula is C14H16N4S. The minimum Gasteiger partial charge on any atom is -0.389 e. The van der Waals surface area contributed by atoms with Crippen molar-refractivity contribution in [2.45, 2.75) is 20.8 Å². The van der Waals surface area contributed by atoms with Crippen molar-refractivity contribution in [3.05, 3.63) is 47.0 Å². The lowest BCUT2D eigenvalue weighted by atomic mass is 10.1. The average Bonchev–Trinajstić information content (AvgIpc) is 2.26. The summed E-state index contributed by atoms with van der Waals surface area (Å²) >= 11 is 5.10. The SMILES string of the molecule is Cc1cncc(Nc2cc(C)nc(C)c2C(N)=S)c1. The van der Waals surface area contributed by atoms with Gasteiger partial charge in [-0.1, -0.05) is 12.2 Å². The van der Waals surface area contributed by atoms with Crippen molar-refractivity contribution < 1.29 is 0 Å². The van der Waals surface area contributed by atoms with Crippen molar-refractivity contribution in [2.24, 2.45) is 5.73 Å². The molecule has 0 radical (unpaired) electrons. The number of nitrogens with one attached hydrogen (secondary N) is 1. The molecule has 0 saturated carbocycles. The van der Waals surface area contributed by atoms with Crippen LogP contribution in [0.5, 0.6) is 0 Å². The van der Waals surface area contributed by atoms with E-state index in [1.54, 1.807) is 6.20 Å². The van der Waals surface area contributed by atoms with Gasteiger partial charge in [0.25, 0.3) is 0 Å². The van der Waals surface area contributed by atoms with E-state index in [-0.39, 0.29) is 0 Å². The Balaban J connectivity index is 2.47. The minimum absolute atomic E-state index is 0.341. The lowest BCUT2D eigenvalue weighted by Crippen LogP contribution is -2.15. The van der Waals surface area contributed by atoms with Crippen LogP contribution in [0.2, 0.25) is 0 Å². The van der Waals surface area contributed by atoms with Crippen LogP contribution in [0, 0.1) is 20.8 Å². The summed E-state index contributed by atoms with van der Waals surface area (Å²) in [5, 5.41) is 3.31. The molecule has 98 valence electrons. The average molecular weight is 272 g/mol. The Morgan fingerprint density at radius 3 is 2.58 bits per heavy atom. The van der Waals surface area contributed by atoms with Gasteiger partial charge in [0, 0.05) is 17.6 Å². The number of thiocarbonyl (C=S) groups is 1. The summed E-state index contributed by atoms with van der Waals surface area (Å²) in [6.07, 6.45) is 3.57. The number of aromatic nitrogens is 2. The van der Waals surface area contributed by atoms with Gasteiger partial charge in [0.1, 0.15) is 4.99 Å². The molecule has 0 atom stereocenters. The van der Waals surface area contributed by atoms with Gasteiger partial charge in [-0.25, -0.2) is 0 Å². The number of hydrogen-bond acceptors (Lipinski definition) is 4. The molecule has 3 N–H and O–H groups in total. The number of pyridine rings is 2. The number of hydrogen-bond donors (Lipinski definition) is 2. The van der Waals surface area contributed by atoms with Gasteiger partial charge in [-0.2, -0.15) is 0 Å². The first kappa shape index (κ1) is 13.4. The Labute approximate surface area is 118 Å². The molecule has 2 heterocycles. The van der Waals surface area contributed by atoms with E-state index in [0.29, 0.717) is 4.99 Å². The Bertz CT molecular complexity index is 637. The Kier molecular flexibility index (Phi) is 3.76. The number of rotatable bonds is 3. The molecule has 0 amide bonds. The van der Waals surface area contributed by atoms with Crippen molar-refractivity contribution in [2.75, 3.05) is 5.32 Å². The smallest absolute Gasteiger partial charge is 0.107 e. The normalized spacial score (nSPS) is 10.3. The van der Waals surface area contributed by atoms with E-state index >= 15 is 0 Å². The van der Waals surface area contributed by atoms with Gasteiger partial charge in [0.05, 0.1) is 23.1 Å². The highest BCUT2D eigenvalue weighted by Crippen LogP contribution is 2.23. The highest BCUT2D eigenvalue weighted by atomic mass is 32.1. The Hall–Kier alpha value is -2.01. The zero-order valence-electron chi connectivity index (χ0n) is 11.2. The molecule has 2 rings (SSSR count). The summed E-state index contributed by atoms with van der Waals surface area (Å²) in [5.41, 5.74) is 11.2. The van der Waals surface area contributed by atoms with Crippen molar-refractivity contribution in [3.8, 4) is 0 Å². The van der Waals surface area contributed by atoms with Gasteiger partial charge in [-0.05, 0) is 38.5 Å². The zero-order valence-corrected chi connectivity index (χ0v) is 12.0. The van der Waals surface area contributed by atoms with E-state index in [1.165, 1.54) is 0 Å². The maximum Gasteiger partial charge on any atom is 0.107 e. The molecule has 4 nitrogen and oxygen atoms in total. The van der Waals surface area contributed by atoms with Gasteiger partial charge in [0.15, 0.2) is 0 Å². The quantitative estimate of drug-likeness (QED) is 0.841. The van der Waals surface area contributed by atoms with Crippen LogP contribution in [-0.2, 0) is 0 Å². The molecule has 2 aromatic heterocycles. The van der Waals surface area contributed by atoms with Gasteiger partial charge < -0.3 is 11.1 Å². The molecule has 0 fully saturated rings. The third kappa shape index (κ3) is 3.06. The van der Waals surface area contributed by atoms with Crippen LogP contribution in [0.15, 0.2) is 24.5 Å². The second-order valence-corrected chi connectivity index (χ2v) is 4.95. The van der Waals surface area contributed by atoms with Crippen LogP contribution in [0.1, 0.15) is 22.5 Å². The van der Waals surface area contributed by atoms with Crippen molar-refractivity contribution >= 4 is 28.6 Å². The summed E-state index contributed by atoms with van der Waals surface area (Å²) in [7, 11) is 0. The fourth-order valence-electron chi connectivity index (χ4n) is 2.02. The molecule has 0 bridgehead atoms. The van der Waals surface area contributed by atoms with E-state index < -0.39 is 0 Å². The molecule has 19 heavy (non-hydrogen) atoms. The van der Waals surface area contributed by atoms with Gasteiger partial charge in [0.2, 0.25) is 0 Å². The van der Waals surface area contributed by atoms with Crippen molar-refractivity contribution in [1.82, 2.24) is 9.97 Å². The minimum atomic E-state index is 0.341. The number of nitrogens with two attached hydrogens (primary N) is 1. The highest BCUT2D eigenvalue weighted by Gasteiger charge is 2.11. The lowest BCUT2D eigenvalue weighted by Gasteiger charge is -2.14. The molecule has 0 spiro atoms. The van der Waals surface area contributed by atoms with Crippen LogP contribution in [0.3, 0.4) is 0 Å². The standard InChI is InChI=1S/C14H16N4S/c1-8-4-11(7-16-6-8)18-12-5-9(2)17-10(3)13(12)14(15)19/h4-7H,1-3H3,(H2,15,19)(H,17,18). The largest absolute Gasteiger partial charge is 0.389 e. The molecule has 0 aliphatic carbocycles. The third-order valence-electron chi connectivity index (χ3n) is 2.73. The Morgan fingerprint density at radius 2 is 1.95 bits per heavy atom. The second-order valence-electron chi connectivity index (χ2n) is 4.51. The van der Waals surface area contributed by atoms with E-state index in [2.05, 4.69) is 15.3 Å². The van der Waals surface area contributed by atoms with E-state index in [4.69, 9.17) is 18.0 Å². The highest BCUT2D eigenvalue weighted by molar-refractivity contribution is 7.80. The molecular weight excluding hydrogens is 256 g/mol. The number of aryl methyl sites for hydroxylation is 3.